The largest absolute Gasteiger partial charge is 0.481 e. The van der Waals surface area contributed by atoms with Crippen LogP contribution < -0.4 is 5.32 Å². The van der Waals surface area contributed by atoms with Gasteiger partial charge in [-0.15, -0.1) is 0 Å². The van der Waals surface area contributed by atoms with Gasteiger partial charge in [0.1, 0.15) is 0 Å². The number of carbonyl (C=O) groups is 2. The summed E-state index contributed by atoms with van der Waals surface area (Å²) in [6, 6.07) is 7.58. The second kappa shape index (κ2) is 5.18. The molecule has 0 aliphatic carbocycles. The first-order chi connectivity index (χ1) is 8.54. The molecule has 1 heterocycles. The first-order valence-corrected chi connectivity index (χ1v) is 5.86. The summed E-state index contributed by atoms with van der Waals surface area (Å²) < 4.78 is 0. The highest BCUT2D eigenvalue weighted by atomic mass is 16.4. The first kappa shape index (κ1) is 12.6. The third-order valence-corrected chi connectivity index (χ3v) is 2.98. The predicted octanol–water partition coefficient (Wildman–Crippen LogP) is 0.950. The summed E-state index contributed by atoms with van der Waals surface area (Å²) in [4.78, 5) is 24.1. The highest BCUT2D eigenvalue weighted by Crippen LogP contribution is 2.15. The Morgan fingerprint density at radius 2 is 2.17 bits per heavy atom. The van der Waals surface area contributed by atoms with Crippen molar-refractivity contribution in [1.29, 1.82) is 0 Å². The number of anilines is 1. The van der Waals surface area contributed by atoms with Crippen molar-refractivity contribution in [3.63, 3.8) is 0 Å². The van der Waals surface area contributed by atoms with Crippen molar-refractivity contribution in [2.24, 2.45) is 5.92 Å². The number of carboxylic acids is 1. The lowest BCUT2D eigenvalue weighted by Gasteiger charge is -2.35. The summed E-state index contributed by atoms with van der Waals surface area (Å²) >= 11 is 0. The number of benzene rings is 1. The molecule has 1 aliphatic heterocycles. The maximum Gasteiger partial charge on any atom is 0.309 e. The molecule has 1 fully saturated rings. The molecule has 96 valence electrons. The van der Waals surface area contributed by atoms with Crippen molar-refractivity contribution >= 4 is 17.6 Å². The van der Waals surface area contributed by atoms with Crippen LogP contribution in [0, 0.1) is 12.8 Å². The highest BCUT2D eigenvalue weighted by Gasteiger charge is 2.33. The molecule has 0 bridgehead atoms. The smallest absolute Gasteiger partial charge is 0.309 e. The maximum atomic E-state index is 11.7. The summed E-state index contributed by atoms with van der Waals surface area (Å²) in [6.07, 6.45) is 0. The van der Waals surface area contributed by atoms with Crippen LogP contribution in [0.2, 0.25) is 0 Å². The zero-order valence-corrected chi connectivity index (χ0v) is 10.2. The number of nitrogens with zero attached hydrogens (tertiary/aromatic N) is 1. The maximum absolute atomic E-state index is 11.7. The molecular formula is C13H16N2O3. The van der Waals surface area contributed by atoms with E-state index in [1.54, 1.807) is 0 Å². The van der Waals surface area contributed by atoms with Crippen LogP contribution in [-0.2, 0) is 9.59 Å². The van der Waals surface area contributed by atoms with E-state index in [1.807, 2.05) is 36.1 Å². The van der Waals surface area contributed by atoms with Gasteiger partial charge in [0.2, 0.25) is 5.91 Å². The van der Waals surface area contributed by atoms with E-state index in [0.717, 1.165) is 11.3 Å². The quantitative estimate of drug-likeness (QED) is 0.832. The van der Waals surface area contributed by atoms with Crippen molar-refractivity contribution in [1.82, 2.24) is 4.90 Å². The van der Waals surface area contributed by atoms with E-state index in [-0.39, 0.29) is 18.4 Å². The van der Waals surface area contributed by atoms with E-state index in [2.05, 4.69) is 5.32 Å². The van der Waals surface area contributed by atoms with E-state index < -0.39 is 5.97 Å². The monoisotopic (exact) mass is 248 g/mol. The van der Waals surface area contributed by atoms with Crippen LogP contribution in [0.15, 0.2) is 24.3 Å². The SMILES string of the molecule is Cc1cccc(NC(=O)CN2CC(C(=O)O)C2)c1. The number of likely N-dealkylation sites (tertiary alicyclic amines) is 1. The average molecular weight is 248 g/mol. The molecule has 1 saturated heterocycles. The number of hydrogen-bond donors (Lipinski definition) is 2. The molecular weight excluding hydrogens is 232 g/mol. The lowest BCUT2D eigenvalue weighted by Crippen LogP contribution is -2.52. The minimum atomic E-state index is -0.787. The summed E-state index contributed by atoms with van der Waals surface area (Å²) in [7, 11) is 0. The molecule has 2 N–H and O–H groups in total. The Kier molecular flexibility index (Phi) is 3.62. The van der Waals surface area contributed by atoms with Crippen molar-refractivity contribution in [3.05, 3.63) is 29.8 Å². The third-order valence-electron chi connectivity index (χ3n) is 2.98. The van der Waals surface area contributed by atoms with E-state index in [0.29, 0.717) is 13.1 Å². The molecule has 0 saturated carbocycles. The van der Waals surface area contributed by atoms with Gasteiger partial charge in [-0.2, -0.15) is 0 Å². The standard InChI is InChI=1S/C13H16N2O3/c1-9-3-2-4-11(5-9)14-12(16)8-15-6-10(7-15)13(17)18/h2-5,10H,6-8H2,1H3,(H,14,16)(H,17,18). The van der Waals surface area contributed by atoms with Crippen molar-refractivity contribution in [2.45, 2.75) is 6.92 Å². The lowest BCUT2D eigenvalue weighted by molar-refractivity contribution is -0.148. The van der Waals surface area contributed by atoms with E-state index in [1.165, 1.54) is 0 Å². The van der Waals surface area contributed by atoms with Crippen LogP contribution in [0.5, 0.6) is 0 Å². The van der Waals surface area contributed by atoms with Gasteiger partial charge < -0.3 is 10.4 Å². The number of carbonyl (C=O) groups excluding carboxylic acids is 1. The molecule has 0 atom stereocenters. The Morgan fingerprint density at radius 3 is 2.78 bits per heavy atom. The van der Waals surface area contributed by atoms with Crippen molar-refractivity contribution in [2.75, 3.05) is 25.0 Å². The van der Waals surface area contributed by atoms with Gasteiger partial charge in [-0.3, -0.25) is 14.5 Å². The number of hydrogen-bond acceptors (Lipinski definition) is 3. The van der Waals surface area contributed by atoms with E-state index >= 15 is 0 Å². The zero-order chi connectivity index (χ0) is 13.1. The minimum absolute atomic E-state index is 0.107. The van der Waals surface area contributed by atoms with Crippen LogP contribution in [0.25, 0.3) is 0 Å². The van der Waals surface area contributed by atoms with Crippen LogP contribution in [0.1, 0.15) is 5.56 Å². The van der Waals surface area contributed by atoms with E-state index in [4.69, 9.17) is 5.11 Å². The predicted molar refractivity (Wildman–Crippen MR) is 67.4 cm³/mol. The molecule has 1 aliphatic rings. The van der Waals surface area contributed by atoms with Gasteiger partial charge in [-0.1, -0.05) is 12.1 Å². The number of aliphatic carboxylic acids is 1. The van der Waals surface area contributed by atoms with Gasteiger partial charge >= 0.3 is 5.97 Å². The Bertz CT molecular complexity index is 467. The lowest BCUT2D eigenvalue weighted by atomic mass is 10.0. The highest BCUT2D eigenvalue weighted by molar-refractivity contribution is 5.92. The molecule has 1 aromatic carbocycles. The first-order valence-electron chi connectivity index (χ1n) is 5.86. The van der Waals surface area contributed by atoms with Crippen LogP contribution in [0.3, 0.4) is 0 Å². The van der Waals surface area contributed by atoms with Crippen molar-refractivity contribution in [3.8, 4) is 0 Å². The summed E-state index contributed by atoms with van der Waals surface area (Å²) in [5.74, 6) is -1.22. The summed E-state index contributed by atoms with van der Waals surface area (Å²) in [6.45, 7) is 3.12. The fourth-order valence-corrected chi connectivity index (χ4v) is 1.98. The zero-order valence-electron chi connectivity index (χ0n) is 10.2. The second-order valence-electron chi connectivity index (χ2n) is 4.65. The molecule has 18 heavy (non-hydrogen) atoms. The molecule has 0 radical (unpaired) electrons. The van der Waals surface area contributed by atoms with Gasteiger partial charge in [0.15, 0.2) is 0 Å². The number of carboxylic acid groups (broad SMARTS) is 1. The number of amides is 1. The van der Waals surface area contributed by atoms with Gasteiger partial charge in [-0.05, 0) is 24.6 Å². The Hall–Kier alpha value is -1.88. The Balaban J connectivity index is 1.78. The van der Waals surface area contributed by atoms with Gasteiger partial charge in [0.05, 0.1) is 12.5 Å². The molecule has 1 aromatic rings. The molecule has 0 unspecified atom stereocenters. The second-order valence-corrected chi connectivity index (χ2v) is 4.65. The van der Waals surface area contributed by atoms with Crippen LogP contribution >= 0.6 is 0 Å². The molecule has 5 heteroatoms. The van der Waals surface area contributed by atoms with E-state index in [9.17, 15) is 9.59 Å². The Morgan fingerprint density at radius 1 is 1.44 bits per heavy atom. The molecule has 2 rings (SSSR count). The molecule has 0 spiro atoms. The molecule has 1 amide bonds. The molecule has 0 aromatic heterocycles. The van der Waals surface area contributed by atoms with Crippen molar-refractivity contribution < 1.29 is 14.7 Å². The average Bonchev–Trinajstić information content (AvgIpc) is 2.22. The number of rotatable bonds is 4. The van der Waals surface area contributed by atoms with Gasteiger partial charge in [0, 0.05) is 18.8 Å². The Labute approximate surface area is 105 Å². The summed E-state index contributed by atoms with van der Waals surface area (Å²) in [5, 5.41) is 11.5. The fraction of sp³-hybridized carbons (Fsp3) is 0.385. The van der Waals surface area contributed by atoms with Gasteiger partial charge in [-0.25, -0.2) is 0 Å². The molecule has 5 nitrogen and oxygen atoms in total. The van der Waals surface area contributed by atoms with Crippen LogP contribution in [0.4, 0.5) is 5.69 Å². The number of aryl methyl sites for hydroxylation is 1. The van der Waals surface area contributed by atoms with Gasteiger partial charge in [0.25, 0.3) is 0 Å². The third kappa shape index (κ3) is 3.07. The summed E-state index contributed by atoms with van der Waals surface area (Å²) in [5.41, 5.74) is 1.86. The normalized spacial score (nSPS) is 16.1. The minimum Gasteiger partial charge on any atom is -0.481 e. The van der Waals surface area contributed by atoms with Crippen LogP contribution in [-0.4, -0.2) is 41.5 Å². The number of nitrogens with one attached hydrogen (secondary N) is 1. The topological polar surface area (TPSA) is 69.6 Å². The fourth-order valence-electron chi connectivity index (χ4n) is 1.98.